The Morgan fingerprint density at radius 2 is 1.85 bits per heavy atom. The van der Waals surface area contributed by atoms with E-state index in [4.69, 9.17) is 9.47 Å². The number of carbonyl (C=O) groups is 2. The van der Waals surface area contributed by atoms with Crippen molar-refractivity contribution in [2.24, 2.45) is 5.92 Å². The fraction of sp³-hybridized carbons (Fsp3) is 0.333. The van der Waals surface area contributed by atoms with Crippen molar-refractivity contribution in [2.45, 2.75) is 12.8 Å². The van der Waals surface area contributed by atoms with Crippen molar-refractivity contribution in [1.82, 2.24) is 4.90 Å². The molecule has 2 aromatic carbocycles. The van der Waals surface area contributed by atoms with Gasteiger partial charge in [-0.25, -0.2) is 0 Å². The van der Waals surface area contributed by atoms with Crippen molar-refractivity contribution >= 4 is 17.5 Å². The number of ether oxygens (including phenoxy) is 2. The zero-order valence-corrected chi connectivity index (χ0v) is 15.6. The second-order valence-electron chi connectivity index (χ2n) is 6.52. The maximum Gasteiger partial charge on any atom is 0.229 e. The third kappa shape index (κ3) is 4.58. The van der Waals surface area contributed by atoms with E-state index in [0.29, 0.717) is 25.2 Å². The van der Waals surface area contributed by atoms with Gasteiger partial charge >= 0.3 is 0 Å². The van der Waals surface area contributed by atoms with Crippen molar-refractivity contribution in [3.8, 4) is 11.5 Å². The Kier molecular flexibility index (Phi) is 5.96. The van der Waals surface area contributed by atoms with Crippen LogP contribution in [0, 0.1) is 5.92 Å². The molecule has 1 aliphatic heterocycles. The Morgan fingerprint density at radius 1 is 1.11 bits per heavy atom. The smallest absolute Gasteiger partial charge is 0.229 e. The summed E-state index contributed by atoms with van der Waals surface area (Å²) in [7, 11) is 3.23. The van der Waals surface area contributed by atoms with E-state index in [9.17, 15) is 9.59 Å². The van der Waals surface area contributed by atoms with Crippen LogP contribution in [0.2, 0.25) is 0 Å². The molecule has 1 fully saturated rings. The number of benzene rings is 2. The van der Waals surface area contributed by atoms with Crippen LogP contribution < -0.4 is 14.8 Å². The molecule has 0 saturated carbocycles. The number of hydrogen-bond donors (Lipinski definition) is 1. The van der Waals surface area contributed by atoms with Gasteiger partial charge in [0.2, 0.25) is 11.8 Å². The van der Waals surface area contributed by atoms with Gasteiger partial charge in [0.25, 0.3) is 0 Å². The fourth-order valence-electron chi connectivity index (χ4n) is 3.25. The maximum absolute atomic E-state index is 12.5. The topological polar surface area (TPSA) is 67.9 Å². The normalized spacial score (nSPS) is 16.3. The third-order valence-electron chi connectivity index (χ3n) is 4.79. The lowest BCUT2D eigenvalue weighted by Gasteiger charge is -2.17. The second-order valence-corrected chi connectivity index (χ2v) is 6.52. The molecular weight excluding hydrogens is 344 g/mol. The van der Waals surface area contributed by atoms with Gasteiger partial charge in [-0.2, -0.15) is 0 Å². The molecule has 0 aliphatic carbocycles. The van der Waals surface area contributed by atoms with E-state index in [1.165, 1.54) is 0 Å². The summed E-state index contributed by atoms with van der Waals surface area (Å²) >= 11 is 0. The molecule has 2 aromatic rings. The van der Waals surface area contributed by atoms with E-state index in [2.05, 4.69) is 5.32 Å². The molecule has 1 unspecified atom stereocenters. The van der Waals surface area contributed by atoms with E-state index in [1.54, 1.807) is 43.4 Å². The Bertz CT molecular complexity index is 804. The van der Waals surface area contributed by atoms with Gasteiger partial charge < -0.3 is 19.7 Å². The lowest BCUT2D eigenvalue weighted by Crippen LogP contribution is -2.30. The number of rotatable bonds is 7. The van der Waals surface area contributed by atoms with Crippen molar-refractivity contribution in [3.63, 3.8) is 0 Å². The number of nitrogens with zero attached hydrogens (tertiary/aromatic N) is 1. The van der Waals surface area contributed by atoms with Crippen LogP contribution in [0.25, 0.3) is 0 Å². The number of hydrogen-bond acceptors (Lipinski definition) is 4. The highest BCUT2D eigenvalue weighted by Crippen LogP contribution is 2.23. The molecule has 3 rings (SSSR count). The van der Waals surface area contributed by atoms with E-state index < -0.39 is 0 Å². The zero-order chi connectivity index (χ0) is 19.2. The van der Waals surface area contributed by atoms with Gasteiger partial charge in [-0.3, -0.25) is 9.59 Å². The van der Waals surface area contributed by atoms with Crippen LogP contribution in [0.3, 0.4) is 0 Å². The third-order valence-corrected chi connectivity index (χ3v) is 4.79. The van der Waals surface area contributed by atoms with Gasteiger partial charge in [0, 0.05) is 25.2 Å². The number of methoxy groups -OCH3 is 2. The first-order valence-corrected chi connectivity index (χ1v) is 8.95. The van der Waals surface area contributed by atoms with Gasteiger partial charge in [0.05, 0.1) is 20.1 Å². The number of para-hydroxylation sites is 1. The van der Waals surface area contributed by atoms with Gasteiger partial charge in [-0.15, -0.1) is 0 Å². The van der Waals surface area contributed by atoms with E-state index in [-0.39, 0.29) is 24.2 Å². The molecular formula is C21H24N2O4. The van der Waals surface area contributed by atoms with Crippen LogP contribution in [-0.2, 0) is 16.0 Å². The first-order chi connectivity index (χ1) is 13.1. The molecule has 142 valence electrons. The van der Waals surface area contributed by atoms with Crippen LogP contribution in [0.5, 0.6) is 11.5 Å². The van der Waals surface area contributed by atoms with Gasteiger partial charge in [0.1, 0.15) is 11.5 Å². The monoisotopic (exact) mass is 368 g/mol. The van der Waals surface area contributed by atoms with Gasteiger partial charge in [0.15, 0.2) is 0 Å². The lowest BCUT2D eigenvalue weighted by atomic mass is 10.1. The molecule has 6 heteroatoms. The molecule has 0 radical (unpaired) electrons. The quantitative estimate of drug-likeness (QED) is 0.816. The summed E-state index contributed by atoms with van der Waals surface area (Å²) in [5, 5.41) is 2.87. The maximum atomic E-state index is 12.5. The highest BCUT2D eigenvalue weighted by atomic mass is 16.5. The predicted molar refractivity (Wildman–Crippen MR) is 103 cm³/mol. The van der Waals surface area contributed by atoms with Crippen LogP contribution >= 0.6 is 0 Å². The predicted octanol–water partition coefficient (Wildman–Crippen LogP) is 2.73. The highest BCUT2D eigenvalue weighted by Gasteiger charge is 2.34. The second kappa shape index (κ2) is 8.58. The zero-order valence-electron chi connectivity index (χ0n) is 15.6. The minimum absolute atomic E-state index is 0.0137. The van der Waals surface area contributed by atoms with Crippen molar-refractivity contribution < 1.29 is 19.1 Å². The molecule has 1 heterocycles. The standard InChI is InChI=1S/C21H24N2O4/c1-26-18-9-7-17(8-10-18)22-21(25)16-13-20(24)23(14-16)12-11-15-5-3-4-6-19(15)27-2/h3-10,16H,11-14H2,1-2H3,(H,22,25). The Morgan fingerprint density at radius 3 is 2.56 bits per heavy atom. The summed E-state index contributed by atoms with van der Waals surface area (Å²) in [6, 6.07) is 14.9. The minimum atomic E-state index is -0.336. The van der Waals surface area contributed by atoms with Crippen molar-refractivity contribution in [1.29, 1.82) is 0 Å². The molecule has 6 nitrogen and oxygen atoms in total. The van der Waals surface area contributed by atoms with Crippen molar-refractivity contribution in [2.75, 3.05) is 32.6 Å². The molecule has 2 amide bonds. The van der Waals surface area contributed by atoms with Crippen LogP contribution in [-0.4, -0.2) is 44.0 Å². The van der Waals surface area contributed by atoms with Gasteiger partial charge in [-0.1, -0.05) is 18.2 Å². The van der Waals surface area contributed by atoms with Crippen LogP contribution in [0.1, 0.15) is 12.0 Å². The van der Waals surface area contributed by atoms with Crippen LogP contribution in [0.4, 0.5) is 5.69 Å². The summed E-state index contributed by atoms with van der Waals surface area (Å²) in [5.74, 6) is 1.09. The first-order valence-electron chi connectivity index (χ1n) is 8.95. The number of carbonyl (C=O) groups excluding carboxylic acids is 2. The number of likely N-dealkylation sites (tertiary alicyclic amines) is 1. The summed E-state index contributed by atoms with van der Waals surface area (Å²) in [4.78, 5) is 26.5. The lowest BCUT2D eigenvalue weighted by molar-refractivity contribution is -0.128. The molecule has 0 spiro atoms. The highest BCUT2D eigenvalue weighted by molar-refractivity contribution is 5.97. The SMILES string of the molecule is COc1ccc(NC(=O)C2CC(=O)N(CCc3ccccc3OC)C2)cc1. The summed E-state index contributed by atoms with van der Waals surface area (Å²) in [6.07, 6.45) is 0.941. The molecule has 27 heavy (non-hydrogen) atoms. The number of amides is 2. The Balaban J connectivity index is 1.55. The average molecular weight is 368 g/mol. The molecule has 1 atom stereocenters. The van der Waals surface area contributed by atoms with E-state index in [1.807, 2.05) is 24.3 Å². The Hall–Kier alpha value is -3.02. The van der Waals surface area contributed by atoms with E-state index in [0.717, 1.165) is 17.1 Å². The first kappa shape index (κ1) is 18.8. The molecule has 1 N–H and O–H groups in total. The molecule has 1 aliphatic rings. The molecule has 0 aromatic heterocycles. The fourth-order valence-corrected chi connectivity index (χ4v) is 3.25. The minimum Gasteiger partial charge on any atom is -0.497 e. The number of nitrogens with one attached hydrogen (secondary N) is 1. The Labute approximate surface area is 159 Å². The number of anilines is 1. The molecule has 0 bridgehead atoms. The summed E-state index contributed by atoms with van der Waals surface area (Å²) in [6.45, 7) is 1.02. The van der Waals surface area contributed by atoms with Crippen LogP contribution in [0.15, 0.2) is 48.5 Å². The average Bonchev–Trinajstić information content (AvgIpc) is 3.08. The summed E-state index contributed by atoms with van der Waals surface area (Å²) in [5.41, 5.74) is 1.75. The summed E-state index contributed by atoms with van der Waals surface area (Å²) < 4.78 is 10.5. The van der Waals surface area contributed by atoms with Gasteiger partial charge in [-0.05, 0) is 42.3 Å². The largest absolute Gasteiger partial charge is 0.497 e. The van der Waals surface area contributed by atoms with E-state index >= 15 is 0 Å². The van der Waals surface area contributed by atoms with Crippen molar-refractivity contribution in [3.05, 3.63) is 54.1 Å². The molecule has 1 saturated heterocycles.